The minimum absolute atomic E-state index is 0.0968. The Hall–Kier alpha value is -2.66. The molecule has 1 N–H and O–H groups in total. The molecule has 0 rings (SSSR count). The van der Waals surface area contributed by atoms with E-state index in [1.54, 1.807) is 0 Å². The topological polar surface area (TPSA) is 72.8 Å². The summed E-state index contributed by atoms with van der Waals surface area (Å²) in [6.07, 6.45) is 67.3. The molecule has 59 heavy (non-hydrogen) atoms. The number of carbonyl (C=O) groups is 2. The van der Waals surface area contributed by atoms with E-state index in [-0.39, 0.29) is 25.6 Å². The molecule has 0 aromatic rings. The summed E-state index contributed by atoms with van der Waals surface area (Å²) >= 11 is 0. The quantitative estimate of drug-likeness (QED) is 0.0376. The average molecular weight is 823 g/mol. The van der Waals surface area contributed by atoms with Crippen LogP contribution in [-0.2, 0) is 19.1 Å². The van der Waals surface area contributed by atoms with Crippen LogP contribution in [0.4, 0.5) is 0 Å². The summed E-state index contributed by atoms with van der Waals surface area (Å²) in [5.74, 6) is -0.683. The Kier molecular flexibility index (Phi) is 47.5. The van der Waals surface area contributed by atoms with Crippen LogP contribution in [0.25, 0.3) is 0 Å². The Balaban J connectivity index is 3.55. The number of aliphatic hydroxyl groups is 1. The second kappa shape index (κ2) is 49.7. The van der Waals surface area contributed by atoms with Gasteiger partial charge in [0.25, 0.3) is 0 Å². The third-order valence-corrected chi connectivity index (χ3v) is 10.8. The summed E-state index contributed by atoms with van der Waals surface area (Å²) in [4.78, 5) is 24.4. The molecule has 0 aromatic carbocycles. The molecule has 340 valence electrons. The number of hydrogen-bond donors (Lipinski definition) is 1. The summed E-state index contributed by atoms with van der Waals surface area (Å²) in [7, 11) is 0. The van der Waals surface area contributed by atoms with Crippen molar-refractivity contribution in [3.8, 4) is 0 Å². The zero-order chi connectivity index (χ0) is 42.8. The predicted molar refractivity (Wildman–Crippen MR) is 256 cm³/mol. The monoisotopic (exact) mass is 823 g/mol. The van der Waals surface area contributed by atoms with Crippen LogP contribution < -0.4 is 0 Å². The number of unbranched alkanes of at least 4 members (excludes halogenated alkanes) is 25. The molecule has 0 fully saturated rings. The maximum atomic E-state index is 12.2. The maximum absolute atomic E-state index is 12.2. The molecule has 0 heterocycles. The van der Waals surface area contributed by atoms with Crippen molar-refractivity contribution in [2.45, 2.75) is 245 Å². The number of ether oxygens (including phenoxy) is 2. The SMILES string of the molecule is CC/C=C\C/C=C\C/C=C\C/C=C\C/C=C\C/C=C\CCC(=O)OC(CO)COC(=O)CCCCCCCCCCCCCCCCCCCCCCCCCCCC. The van der Waals surface area contributed by atoms with E-state index >= 15 is 0 Å². The molecule has 0 bridgehead atoms. The second-order valence-corrected chi connectivity index (χ2v) is 16.5. The Morgan fingerprint density at radius 1 is 0.407 bits per heavy atom. The van der Waals surface area contributed by atoms with Crippen molar-refractivity contribution < 1.29 is 24.2 Å². The number of rotatable bonds is 45. The summed E-state index contributed by atoms with van der Waals surface area (Å²) in [6, 6.07) is 0. The van der Waals surface area contributed by atoms with Crippen LogP contribution in [0, 0.1) is 0 Å². The lowest BCUT2D eigenvalue weighted by Crippen LogP contribution is -2.28. The Labute approximate surface area is 365 Å². The van der Waals surface area contributed by atoms with Gasteiger partial charge in [0.2, 0.25) is 0 Å². The third-order valence-electron chi connectivity index (χ3n) is 10.8. The molecule has 0 amide bonds. The second-order valence-electron chi connectivity index (χ2n) is 16.5. The molecule has 0 spiro atoms. The molecular weight excluding hydrogens is 729 g/mol. The average Bonchev–Trinajstić information content (AvgIpc) is 3.24. The standard InChI is InChI=1S/C54H94O5/c1-3-5-7-9-11-13-15-17-19-21-23-24-25-26-27-28-29-31-32-34-36-38-40-42-44-46-48-53(56)58-51-52(50-55)59-54(57)49-47-45-43-41-39-37-35-33-30-22-20-18-16-14-12-10-8-6-4-2/h6,8,12,14,18,20,30,33,37,39,43,45,52,55H,3-5,7,9-11,13,15-17,19,21-29,31-32,34-36,38,40-42,44,46-51H2,1-2H3/b8-6-,14-12-,20-18-,33-30-,39-37-,45-43-. The van der Waals surface area contributed by atoms with Crippen LogP contribution in [0.1, 0.15) is 239 Å². The molecule has 0 saturated heterocycles. The van der Waals surface area contributed by atoms with Crippen molar-refractivity contribution in [1.29, 1.82) is 0 Å². The highest BCUT2D eigenvalue weighted by Gasteiger charge is 2.15. The smallest absolute Gasteiger partial charge is 0.306 e. The molecule has 0 aromatic heterocycles. The molecule has 0 radical (unpaired) electrons. The summed E-state index contributed by atoms with van der Waals surface area (Å²) < 4.78 is 10.6. The highest BCUT2D eigenvalue weighted by atomic mass is 16.6. The molecule has 0 aliphatic carbocycles. The molecule has 0 aliphatic rings. The molecule has 5 nitrogen and oxygen atoms in total. The highest BCUT2D eigenvalue weighted by Crippen LogP contribution is 2.16. The van der Waals surface area contributed by atoms with Crippen LogP contribution in [0.15, 0.2) is 72.9 Å². The van der Waals surface area contributed by atoms with Gasteiger partial charge in [-0.05, 0) is 51.4 Å². The first-order valence-electron chi connectivity index (χ1n) is 25.0. The van der Waals surface area contributed by atoms with Gasteiger partial charge in [0.05, 0.1) is 6.61 Å². The first kappa shape index (κ1) is 56.3. The van der Waals surface area contributed by atoms with Gasteiger partial charge in [-0.25, -0.2) is 0 Å². The van der Waals surface area contributed by atoms with E-state index in [9.17, 15) is 14.7 Å². The normalized spacial score (nSPS) is 12.8. The Bertz CT molecular complexity index is 1070. The van der Waals surface area contributed by atoms with Gasteiger partial charge in [-0.15, -0.1) is 0 Å². The van der Waals surface area contributed by atoms with E-state index in [4.69, 9.17) is 9.47 Å². The number of aliphatic hydroxyl groups excluding tert-OH is 1. The van der Waals surface area contributed by atoms with E-state index in [1.165, 1.54) is 148 Å². The molecular formula is C54H94O5. The van der Waals surface area contributed by atoms with Gasteiger partial charge in [0, 0.05) is 12.8 Å². The molecule has 1 atom stereocenters. The Morgan fingerprint density at radius 3 is 1.07 bits per heavy atom. The largest absolute Gasteiger partial charge is 0.462 e. The number of hydrogen-bond acceptors (Lipinski definition) is 5. The molecule has 0 aliphatic heterocycles. The van der Waals surface area contributed by atoms with E-state index in [1.807, 2.05) is 12.2 Å². The van der Waals surface area contributed by atoms with E-state index in [0.29, 0.717) is 12.8 Å². The Morgan fingerprint density at radius 2 is 0.729 bits per heavy atom. The number of allylic oxidation sites excluding steroid dienone is 12. The van der Waals surface area contributed by atoms with Gasteiger partial charge in [-0.3, -0.25) is 9.59 Å². The van der Waals surface area contributed by atoms with E-state index < -0.39 is 12.1 Å². The minimum Gasteiger partial charge on any atom is -0.462 e. The van der Waals surface area contributed by atoms with Gasteiger partial charge in [0.1, 0.15) is 6.61 Å². The van der Waals surface area contributed by atoms with E-state index in [0.717, 1.165) is 57.8 Å². The lowest BCUT2D eigenvalue weighted by molar-refractivity contribution is -0.161. The van der Waals surface area contributed by atoms with Gasteiger partial charge < -0.3 is 14.6 Å². The lowest BCUT2D eigenvalue weighted by Gasteiger charge is -2.15. The van der Waals surface area contributed by atoms with Crippen molar-refractivity contribution in [2.24, 2.45) is 0 Å². The van der Waals surface area contributed by atoms with Gasteiger partial charge in [0.15, 0.2) is 6.10 Å². The van der Waals surface area contributed by atoms with Crippen molar-refractivity contribution in [1.82, 2.24) is 0 Å². The first-order chi connectivity index (χ1) is 29.1. The van der Waals surface area contributed by atoms with Crippen LogP contribution >= 0.6 is 0 Å². The highest BCUT2D eigenvalue weighted by molar-refractivity contribution is 5.70. The first-order valence-corrected chi connectivity index (χ1v) is 25.0. The number of esters is 2. The van der Waals surface area contributed by atoms with Crippen LogP contribution in [-0.4, -0.2) is 36.4 Å². The maximum Gasteiger partial charge on any atom is 0.306 e. The van der Waals surface area contributed by atoms with Crippen LogP contribution in [0.2, 0.25) is 0 Å². The third kappa shape index (κ3) is 47.9. The van der Waals surface area contributed by atoms with E-state index in [2.05, 4.69) is 74.6 Å². The molecule has 0 saturated carbocycles. The number of carbonyl (C=O) groups excluding carboxylic acids is 2. The van der Waals surface area contributed by atoms with Crippen molar-refractivity contribution in [3.05, 3.63) is 72.9 Å². The predicted octanol–water partition coefficient (Wildman–Crippen LogP) is 16.5. The summed E-state index contributed by atoms with van der Waals surface area (Å²) in [5, 5.41) is 9.60. The van der Waals surface area contributed by atoms with Crippen LogP contribution in [0.5, 0.6) is 0 Å². The van der Waals surface area contributed by atoms with Gasteiger partial charge >= 0.3 is 11.9 Å². The fourth-order valence-corrected chi connectivity index (χ4v) is 7.05. The molecule has 1 unspecified atom stereocenters. The minimum atomic E-state index is -0.814. The van der Waals surface area contributed by atoms with Crippen molar-refractivity contribution in [2.75, 3.05) is 13.2 Å². The zero-order valence-electron chi connectivity index (χ0n) is 38.7. The van der Waals surface area contributed by atoms with Crippen molar-refractivity contribution >= 4 is 11.9 Å². The lowest BCUT2D eigenvalue weighted by atomic mass is 10.0. The van der Waals surface area contributed by atoms with Gasteiger partial charge in [-0.2, -0.15) is 0 Å². The molecule has 5 heteroatoms. The summed E-state index contributed by atoms with van der Waals surface area (Å²) in [6.45, 7) is 3.98. The zero-order valence-corrected chi connectivity index (χ0v) is 38.7. The fraction of sp³-hybridized carbons (Fsp3) is 0.741. The fourth-order valence-electron chi connectivity index (χ4n) is 7.05. The van der Waals surface area contributed by atoms with Crippen molar-refractivity contribution in [3.63, 3.8) is 0 Å². The van der Waals surface area contributed by atoms with Gasteiger partial charge in [-0.1, -0.05) is 247 Å². The summed E-state index contributed by atoms with van der Waals surface area (Å²) in [5.41, 5.74) is 0. The van der Waals surface area contributed by atoms with Crippen LogP contribution in [0.3, 0.4) is 0 Å².